The largest absolute Gasteiger partial charge is 0.457 e. The van der Waals surface area contributed by atoms with E-state index in [9.17, 15) is 13.2 Å². The van der Waals surface area contributed by atoms with Gasteiger partial charge < -0.3 is 10.5 Å². The van der Waals surface area contributed by atoms with Crippen LogP contribution in [0.4, 0.5) is 18.9 Å². The molecule has 2 rings (SSSR count). The van der Waals surface area contributed by atoms with Crippen LogP contribution in [-0.2, 0) is 11.6 Å². The molecule has 0 radical (unpaired) electrons. The van der Waals surface area contributed by atoms with Crippen molar-refractivity contribution in [3.05, 3.63) is 53.6 Å². The molecule has 2 N–H and O–H groups in total. The lowest BCUT2D eigenvalue weighted by Crippen LogP contribution is -2.10. The minimum Gasteiger partial charge on any atom is -0.457 e. The van der Waals surface area contributed by atoms with Crippen LogP contribution in [0.25, 0.3) is 0 Å². The Morgan fingerprint density at radius 3 is 2.00 bits per heavy atom. The Morgan fingerprint density at radius 1 is 0.909 bits per heavy atom. The number of nitrogen functional groups attached to an aromatic ring is 1. The van der Waals surface area contributed by atoms with Crippen LogP contribution < -0.4 is 10.5 Å². The topological polar surface area (TPSA) is 35.2 Å². The van der Waals surface area contributed by atoms with Gasteiger partial charge in [-0.05, 0) is 41.3 Å². The highest BCUT2D eigenvalue weighted by Crippen LogP contribution is 2.39. The van der Waals surface area contributed by atoms with Gasteiger partial charge in [-0.25, -0.2) is 0 Å². The molecule has 0 heterocycles. The molecule has 0 amide bonds. The van der Waals surface area contributed by atoms with Crippen LogP contribution in [-0.4, -0.2) is 0 Å². The average Bonchev–Trinajstić information content (AvgIpc) is 2.39. The van der Waals surface area contributed by atoms with E-state index < -0.39 is 11.7 Å². The molecule has 0 bridgehead atoms. The maximum Gasteiger partial charge on any atom is 0.420 e. The summed E-state index contributed by atoms with van der Waals surface area (Å²) in [6.07, 6.45) is -4.52. The molecule has 0 aliphatic carbocycles. The predicted octanol–water partition coefficient (Wildman–Crippen LogP) is 5.38. The molecule has 0 saturated carbocycles. The Bertz CT molecular complexity index is 655. The van der Waals surface area contributed by atoms with Gasteiger partial charge in [-0.15, -0.1) is 0 Å². The molecule has 0 spiro atoms. The lowest BCUT2D eigenvalue weighted by Gasteiger charge is -2.19. The number of alkyl halides is 3. The molecule has 2 nitrogen and oxygen atoms in total. The van der Waals surface area contributed by atoms with E-state index in [2.05, 4.69) is 20.8 Å². The number of hydrogen-bond donors (Lipinski definition) is 1. The second-order valence-electron chi connectivity index (χ2n) is 6.13. The van der Waals surface area contributed by atoms with Crippen LogP contribution in [0, 0.1) is 0 Å². The van der Waals surface area contributed by atoms with E-state index in [1.807, 2.05) is 12.1 Å². The molecule has 22 heavy (non-hydrogen) atoms. The summed E-state index contributed by atoms with van der Waals surface area (Å²) in [5, 5.41) is 0. The van der Waals surface area contributed by atoms with Gasteiger partial charge in [-0.3, -0.25) is 0 Å². The molecule has 0 saturated heterocycles. The second kappa shape index (κ2) is 5.55. The minimum absolute atomic E-state index is 0.0309. The quantitative estimate of drug-likeness (QED) is 0.756. The molecule has 0 aliphatic heterocycles. The lowest BCUT2D eigenvalue weighted by atomic mass is 9.87. The highest BCUT2D eigenvalue weighted by Gasteiger charge is 2.34. The summed E-state index contributed by atoms with van der Waals surface area (Å²) in [6.45, 7) is 6.18. The highest BCUT2D eigenvalue weighted by molar-refractivity contribution is 5.50. The van der Waals surface area contributed by atoms with E-state index in [1.165, 1.54) is 12.1 Å². The molecule has 0 aliphatic rings. The first-order valence-electron chi connectivity index (χ1n) is 6.82. The average molecular weight is 309 g/mol. The third kappa shape index (κ3) is 3.72. The number of nitrogens with two attached hydrogens (primary N) is 1. The summed E-state index contributed by atoms with van der Waals surface area (Å²) in [5.74, 6) is 0.0912. The van der Waals surface area contributed by atoms with Gasteiger partial charge in [0.25, 0.3) is 0 Å². The van der Waals surface area contributed by atoms with E-state index in [0.29, 0.717) is 5.75 Å². The lowest BCUT2D eigenvalue weighted by molar-refractivity contribution is -0.138. The fourth-order valence-corrected chi connectivity index (χ4v) is 2.01. The Hall–Kier alpha value is -2.17. The van der Waals surface area contributed by atoms with Gasteiger partial charge in [-0.2, -0.15) is 13.2 Å². The number of halogens is 3. The molecule has 0 atom stereocenters. The van der Waals surface area contributed by atoms with Gasteiger partial charge in [0.1, 0.15) is 17.1 Å². The van der Waals surface area contributed by atoms with E-state index in [4.69, 9.17) is 10.5 Å². The van der Waals surface area contributed by atoms with E-state index in [1.54, 1.807) is 12.1 Å². The molecular formula is C17H18F3NO. The van der Waals surface area contributed by atoms with E-state index in [-0.39, 0.29) is 16.9 Å². The van der Waals surface area contributed by atoms with Crippen molar-refractivity contribution >= 4 is 5.69 Å². The van der Waals surface area contributed by atoms with Crippen molar-refractivity contribution in [1.82, 2.24) is 0 Å². The van der Waals surface area contributed by atoms with E-state index >= 15 is 0 Å². The van der Waals surface area contributed by atoms with Crippen LogP contribution in [0.1, 0.15) is 31.9 Å². The summed E-state index contributed by atoms with van der Waals surface area (Å²) in [4.78, 5) is 0. The Morgan fingerprint density at radius 2 is 1.50 bits per heavy atom. The molecular weight excluding hydrogens is 291 g/mol. The van der Waals surface area contributed by atoms with Gasteiger partial charge in [-0.1, -0.05) is 32.9 Å². The zero-order valence-corrected chi connectivity index (χ0v) is 12.7. The zero-order valence-electron chi connectivity index (χ0n) is 12.7. The van der Waals surface area contributed by atoms with Gasteiger partial charge in [0, 0.05) is 5.69 Å². The predicted molar refractivity (Wildman–Crippen MR) is 81.1 cm³/mol. The van der Waals surface area contributed by atoms with Crippen molar-refractivity contribution in [2.45, 2.75) is 32.4 Å². The van der Waals surface area contributed by atoms with Crippen molar-refractivity contribution in [2.75, 3.05) is 5.73 Å². The van der Waals surface area contributed by atoms with Crippen LogP contribution in [0.15, 0.2) is 42.5 Å². The molecule has 2 aromatic rings. The third-order valence-corrected chi connectivity index (χ3v) is 3.26. The molecule has 0 aromatic heterocycles. The molecule has 0 unspecified atom stereocenters. The minimum atomic E-state index is -4.52. The van der Waals surface area contributed by atoms with Gasteiger partial charge in [0.05, 0.1) is 0 Å². The SMILES string of the molecule is CC(C)(C)c1ccc(Oc2ccc(N)cc2C(F)(F)F)cc1. The van der Waals surface area contributed by atoms with Crippen molar-refractivity contribution < 1.29 is 17.9 Å². The number of anilines is 1. The highest BCUT2D eigenvalue weighted by atomic mass is 19.4. The van der Waals surface area contributed by atoms with E-state index in [0.717, 1.165) is 11.6 Å². The van der Waals surface area contributed by atoms with Gasteiger partial charge in [0.15, 0.2) is 0 Å². The summed E-state index contributed by atoms with van der Waals surface area (Å²) >= 11 is 0. The zero-order chi connectivity index (χ0) is 16.5. The molecule has 5 heteroatoms. The first-order valence-corrected chi connectivity index (χ1v) is 6.82. The number of rotatable bonds is 2. The maximum atomic E-state index is 13.0. The molecule has 118 valence electrons. The first kappa shape index (κ1) is 16.2. The Labute approximate surface area is 127 Å². The first-order chi connectivity index (χ1) is 10.1. The molecule has 0 fully saturated rings. The third-order valence-electron chi connectivity index (χ3n) is 3.26. The monoisotopic (exact) mass is 309 g/mol. The standard InChI is InChI=1S/C17H18F3NO/c1-16(2,3)11-4-7-13(8-5-11)22-15-9-6-12(21)10-14(15)17(18,19)20/h4-10H,21H2,1-3H3. The van der Waals surface area contributed by atoms with Gasteiger partial charge >= 0.3 is 6.18 Å². The summed E-state index contributed by atoms with van der Waals surface area (Å²) < 4.78 is 44.4. The van der Waals surface area contributed by atoms with Crippen LogP contribution in [0.2, 0.25) is 0 Å². The van der Waals surface area contributed by atoms with Crippen LogP contribution in [0.5, 0.6) is 11.5 Å². The summed E-state index contributed by atoms with van der Waals surface area (Å²) in [6, 6.07) is 10.5. The second-order valence-corrected chi connectivity index (χ2v) is 6.13. The van der Waals surface area contributed by atoms with Crippen molar-refractivity contribution in [1.29, 1.82) is 0 Å². The summed E-state index contributed by atoms with van der Waals surface area (Å²) in [7, 11) is 0. The fourth-order valence-electron chi connectivity index (χ4n) is 2.01. The van der Waals surface area contributed by atoms with Crippen LogP contribution in [0.3, 0.4) is 0 Å². The van der Waals surface area contributed by atoms with Crippen molar-refractivity contribution in [3.63, 3.8) is 0 Å². The van der Waals surface area contributed by atoms with Crippen molar-refractivity contribution in [3.8, 4) is 11.5 Å². The van der Waals surface area contributed by atoms with Crippen molar-refractivity contribution in [2.24, 2.45) is 0 Å². The number of hydrogen-bond acceptors (Lipinski definition) is 2. The van der Waals surface area contributed by atoms with Crippen LogP contribution >= 0.6 is 0 Å². The number of benzene rings is 2. The normalized spacial score (nSPS) is 12.3. The van der Waals surface area contributed by atoms with Gasteiger partial charge in [0.2, 0.25) is 0 Å². The Balaban J connectivity index is 2.32. The smallest absolute Gasteiger partial charge is 0.420 e. The fraction of sp³-hybridized carbons (Fsp3) is 0.294. The summed E-state index contributed by atoms with van der Waals surface area (Å²) in [5.41, 5.74) is 5.64. The Kier molecular flexibility index (Phi) is 4.09. The molecule has 2 aromatic carbocycles. The maximum absolute atomic E-state index is 13.0. The number of ether oxygens (including phenoxy) is 1.